The third-order valence-corrected chi connectivity index (χ3v) is 6.80. The van der Waals surface area contributed by atoms with Crippen LogP contribution in [-0.4, -0.2) is 29.1 Å². The van der Waals surface area contributed by atoms with Crippen molar-refractivity contribution in [2.24, 2.45) is 0 Å². The van der Waals surface area contributed by atoms with Crippen LogP contribution in [0.1, 0.15) is 39.9 Å². The molecule has 7 heteroatoms. The van der Waals surface area contributed by atoms with Gasteiger partial charge in [0.05, 0.1) is 10.0 Å². The molecular formula is C28H29Cl2N3O2. The number of H-pyrrole nitrogens is 1. The number of benzene rings is 3. The van der Waals surface area contributed by atoms with Gasteiger partial charge in [-0.1, -0.05) is 47.5 Å². The van der Waals surface area contributed by atoms with E-state index >= 15 is 0 Å². The van der Waals surface area contributed by atoms with Gasteiger partial charge in [0.2, 0.25) is 0 Å². The van der Waals surface area contributed by atoms with Crippen LogP contribution in [0.2, 0.25) is 10.0 Å². The lowest BCUT2D eigenvalue weighted by Crippen LogP contribution is -2.27. The molecule has 0 atom stereocenters. The van der Waals surface area contributed by atoms with E-state index in [0.29, 0.717) is 28.7 Å². The summed E-state index contributed by atoms with van der Waals surface area (Å²) in [4.78, 5) is 16.0. The van der Waals surface area contributed by atoms with Crippen molar-refractivity contribution in [1.29, 1.82) is 0 Å². The first-order chi connectivity index (χ1) is 17.0. The third-order valence-electron chi connectivity index (χ3n) is 6.06. The molecule has 0 bridgehead atoms. The minimum absolute atomic E-state index is 0.0518. The number of carbonyl (C=O) groups is 1. The number of hydrogen-bond acceptors (Lipinski definition) is 3. The summed E-state index contributed by atoms with van der Waals surface area (Å²) in [6.45, 7) is 1.98. The fraction of sp³-hybridized carbons (Fsp3) is 0.250. The Balaban J connectivity index is 1.22. The summed E-state index contributed by atoms with van der Waals surface area (Å²) >= 11 is 12.0. The third kappa shape index (κ3) is 6.79. The molecule has 0 aliphatic carbocycles. The molecule has 0 radical (unpaired) electrons. The minimum Gasteiger partial charge on any atom is -0.508 e. The molecule has 1 heterocycles. The quantitative estimate of drug-likeness (QED) is 0.180. The Labute approximate surface area is 215 Å². The Hall–Kier alpha value is -2.99. The van der Waals surface area contributed by atoms with Gasteiger partial charge in [-0.2, -0.15) is 0 Å². The molecule has 5 nitrogen and oxygen atoms in total. The summed E-state index contributed by atoms with van der Waals surface area (Å²) in [6.07, 6.45) is 5.52. The van der Waals surface area contributed by atoms with E-state index in [1.807, 2.05) is 54.7 Å². The van der Waals surface area contributed by atoms with Crippen LogP contribution in [0.5, 0.6) is 5.75 Å². The van der Waals surface area contributed by atoms with Crippen LogP contribution in [-0.2, 0) is 19.4 Å². The summed E-state index contributed by atoms with van der Waals surface area (Å²) in [7, 11) is 0. The Morgan fingerprint density at radius 3 is 2.60 bits per heavy atom. The lowest BCUT2D eigenvalue weighted by molar-refractivity contribution is 0.0952. The number of aromatic nitrogens is 1. The number of phenolic OH excluding ortho intramolecular Hbond substituents is 1. The van der Waals surface area contributed by atoms with Gasteiger partial charge in [-0.25, -0.2) is 0 Å². The fourth-order valence-electron chi connectivity index (χ4n) is 4.16. The first-order valence-corrected chi connectivity index (χ1v) is 12.6. The molecule has 0 fully saturated rings. The molecule has 1 aromatic heterocycles. The van der Waals surface area contributed by atoms with Gasteiger partial charge >= 0.3 is 0 Å². The van der Waals surface area contributed by atoms with E-state index in [1.54, 1.807) is 12.1 Å². The summed E-state index contributed by atoms with van der Waals surface area (Å²) < 4.78 is 0. The van der Waals surface area contributed by atoms with Gasteiger partial charge in [0, 0.05) is 35.8 Å². The minimum atomic E-state index is -0.0518. The van der Waals surface area contributed by atoms with Crippen molar-refractivity contribution in [3.63, 3.8) is 0 Å². The van der Waals surface area contributed by atoms with Crippen molar-refractivity contribution in [3.05, 3.63) is 99.2 Å². The van der Waals surface area contributed by atoms with Gasteiger partial charge in [0.25, 0.3) is 5.91 Å². The molecule has 4 aromatic rings. The molecule has 3 aromatic carbocycles. The van der Waals surface area contributed by atoms with Gasteiger partial charge in [-0.3, -0.25) is 4.79 Å². The Morgan fingerprint density at radius 1 is 0.886 bits per heavy atom. The summed E-state index contributed by atoms with van der Waals surface area (Å²) in [5.74, 6) is 0.213. The Morgan fingerprint density at radius 2 is 1.74 bits per heavy atom. The lowest BCUT2D eigenvalue weighted by atomic mass is 10.1. The van der Waals surface area contributed by atoms with E-state index in [-0.39, 0.29) is 11.7 Å². The highest BCUT2D eigenvalue weighted by atomic mass is 35.5. The highest BCUT2D eigenvalue weighted by molar-refractivity contribution is 6.42. The number of rotatable bonds is 11. The van der Waals surface area contributed by atoms with Crippen molar-refractivity contribution in [3.8, 4) is 5.75 Å². The highest BCUT2D eigenvalue weighted by Crippen LogP contribution is 2.24. The number of carbonyl (C=O) groups excluding carboxylic acids is 1. The maximum atomic E-state index is 12.8. The van der Waals surface area contributed by atoms with Crippen molar-refractivity contribution >= 4 is 40.0 Å². The first-order valence-electron chi connectivity index (χ1n) is 11.8. The Bertz CT molecular complexity index is 1300. The van der Waals surface area contributed by atoms with Crippen molar-refractivity contribution in [1.82, 2.24) is 15.6 Å². The molecule has 0 spiro atoms. The highest BCUT2D eigenvalue weighted by Gasteiger charge is 2.11. The number of aromatic hydroxyl groups is 1. The second-order valence-corrected chi connectivity index (χ2v) is 9.40. The van der Waals surface area contributed by atoms with Gasteiger partial charge in [-0.15, -0.1) is 0 Å². The van der Waals surface area contributed by atoms with E-state index in [1.165, 1.54) is 0 Å². The van der Waals surface area contributed by atoms with Crippen molar-refractivity contribution < 1.29 is 9.90 Å². The predicted octanol–water partition coefficient (Wildman–Crippen LogP) is 6.27. The number of phenols is 1. The van der Waals surface area contributed by atoms with Gasteiger partial charge in [0.15, 0.2) is 0 Å². The van der Waals surface area contributed by atoms with E-state index in [2.05, 4.69) is 15.6 Å². The number of aryl methyl sites for hydroxylation is 1. The molecular weight excluding hydrogens is 481 g/mol. The zero-order chi connectivity index (χ0) is 24.6. The molecule has 0 unspecified atom stereocenters. The first kappa shape index (κ1) is 25.1. The largest absolute Gasteiger partial charge is 0.508 e. The molecule has 35 heavy (non-hydrogen) atoms. The number of aromatic amines is 1. The topological polar surface area (TPSA) is 77.2 Å². The average molecular weight is 510 g/mol. The van der Waals surface area contributed by atoms with Gasteiger partial charge < -0.3 is 20.7 Å². The van der Waals surface area contributed by atoms with Crippen LogP contribution in [0.3, 0.4) is 0 Å². The maximum absolute atomic E-state index is 12.8. The van der Waals surface area contributed by atoms with Crippen LogP contribution < -0.4 is 10.6 Å². The van der Waals surface area contributed by atoms with Crippen LogP contribution in [0.25, 0.3) is 10.9 Å². The normalized spacial score (nSPS) is 11.1. The summed E-state index contributed by atoms with van der Waals surface area (Å²) in [5.41, 5.74) is 4.97. The molecule has 182 valence electrons. The number of fused-ring (bicyclic) bond motifs is 1. The molecule has 4 rings (SSSR count). The standard InChI is InChI=1S/C28H29Cl2N3O2/c29-25-10-8-19(15-26(25)30)5-3-4-13-32-28(35)23-7-2-1-6-20(23)17-31-14-12-21-18-33-27-11-9-22(34)16-24(21)27/h1-2,6-11,15-16,18,31,33-34H,3-5,12-14,17H2,(H,32,35). The monoisotopic (exact) mass is 509 g/mol. The second-order valence-electron chi connectivity index (χ2n) is 8.59. The number of nitrogens with one attached hydrogen (secondary N) is 3. The van der Waals surface area contributed by atoms with E-state index in [0.717, 1.165) is 59.8 Å². The van der Waals surface area contributed by atoms with Crippen LogP contribution in [0.15, 0.2) is 66.9 Å². The second kappa shape index (κ2) is 12.1. The number of hydrogen-bond donors (Lipinski definition) is 4. The molecule has 0 saturated carbocycles. The van der Waals surface area contributed by atoms with E-state index in [4.69, 9.17) is 23.2 Å². The summed E-state index contributed by atoms with van der Waals surface area (Å²) in [5, 5.41) is 18.4. The predicted molar refractivity (Wildman–Crippen MR) is 144 cm³/mol. The number of unbranched alkanes of at least 4 members (excludes halogenated alkanes) is 1. The zero-order valence-corrected chi connectivity index (χ0v) is 20.9. The summed E-state index contributed by atoms with van der Waals surface area (Å²) in [6, 6.07) is 18.7. The van der Waals surface area contributed by atoms with E-state index < -0.39 is 0 Å². The molecule has 0 aliphatic heterocycles. The fourth-order valence-corrected chi connectivity index (χ4v) is 4.48. The molecule has 0 aliphatic rings. The molecule has 0 saturated heterocycles. The van der Waals surface area contributed by atoms with Crippen LogP contribution >= 0.6 is 23.2 Å². The molecule has 1 amide bonds. The number of halogens is 2. The smallest absolute Gasteiger partial charge is 0.251 e. The maximum Gasteiger partial charge on any atom is 0.251 e. The number of amides is 1. The Kier molecular flexibility index (Phi) is 8.69. The molecule has 4 N–H and O–H groups in total. The van der Waals surface area contributed by atoms with Crippen molar-refractivity contribution in [2.45, 2.75) is 32.2 Å². The van der Waals surface area contributed by atoms with Gasteiger partial charge in [-0.05, 0) is 85.3 Å². The zero-order valence-electron chi connectivity index (χ0n) is 19.4. The van der Waals surface area contributed by atoms with E-state index in [9.17, 15) is 9.90 Å². The van der Waals surface area contributed by atoms with Crippen LogP contribution in [0.4, 0.5) is 0 Å². The van der Waals surface area contributed by atoms with Crippen molar-refractivity contribution in [2.75, 3.05) is 13.1 Å². The van der Waals surface area contributed by atoms with Gasteiger partial charge in [0.1, 0.15) is 5.75 Å². The average Bonchev–Trinajstić information content (AvgIpc) is 3.25. The lowest BCUT2D eigenvalue weighted by Gasteiger charge is -2.11. The SMILES string of the molecule is O=C(NCCCCc1ccc(Cl)c(Cl)c1)c1ccccc1CNCCc1c[nH]c2ccc(O)cc12. The van der Waals surface area contributed by atoms with Crippen LogP contribution in [0, 0.1) is 0 Å².